The monoisotopic (exact) mass is 253 g/mol. The molecule has 0 spiro atoms. The summed E-state index contributed by atoms with van der Waals surface area (Å²) in [7, 11) is 0. The molecule has 2 rings (SSSR count). The Bertz CT molecular complexity index is 369. The smallest absolute Gasteiger partial charge is 0.0693 e. The fourth-order valence-corrected chi connectivity index (χ4v) is 2.70. The molecule has 3 heteroatoms. The average molecular weight is 254 g/mol. The molecule has 2 N–H and O–H groups in total. The molecule has 1 aliphatic rings. The highest BCUT2D eigenvalue weighted by Gasteiger charge is 2.24. The number of nitrogens with one attached hydrogen (secondary N) is 1. The van der Waals surface area contributed by atoms with Gasteiger partial charge < -0.3 is 10.4 Å². The summed E-state index contributed by atoms with van der Waals surface area (Å²) < 4.78 is 0. The van der Waals surface area contributed by atoms with Gasteiger partial charge in [-0.3, -0.25) is 0 Å². The van der Waals surface area contributed by atoms with E-state index in [2.05, 4.69) is 18.3 Å². The lowest BCUT2D eigenvalue weighted by molar-refractivity contribution is 0.0860. The van der Waals surface area contributed by atoms with E-state index < -0.39 is 0 Å². The Hall–Kier alpha value is -0.570. The zero-order chi connectivity index (χ0) is 12.3. The molecule has 0 unspecified atom stereocenters. The Balaban J connectivity index is 1.98. The molecule has 94 valence electrons. The molecule has 1 saturated carbocycles. The number of halogens is 1. The van der Waals surface area contributed by atoms with E-state index >= 15 is 0 Å². The van der Waals surface area contributed by atoms with Crippen LogP contribution in [0.15, 0.2) is 24.3 Å². The van der Waals surface area contributed by atoms with Crippen molar-refractivity contribution >= 4 is 11.6 Å². The van der Waals surface area contributed by atoms with Crippen LogP contribution in [0, 0.1) is 0 Å². The van der Waals surface area contributed by atoms with Gasteiger partial charge in [-0.15, -0.1) is 0 Å². The molecule has 1 aromatic carbocycles. The highest BCUT2D eigenvalue weighted by molar-refractivity contribution is 6.30. The van der Waals surface area contributed by atoms with Gasteiger partial charge in [-0.25, -0.2) is 0 Å². The molecule has 3 atom stereocenters. The summed E-state index contributed by atoms with van der Waals surface area (Å²) >= 11 is 5.98. The van der Waals surface area contributed by atoms with E-state index in [1.165, 1.54) is 12.0 Å². The summed E-state index contributed by atoms with van der Waals surface area (Å²) in [4.78, 5) is 0. The van der Waals surface area contributed by atoms with Crippen molar-refractivity contribution < 1.29 is 5.11 Å². The van der Waals surface area contributed by atoms with Gasteiger partial charge in [0.05, 0.1) is 6.10 Å². The molecule has 0 amide bonds. The topological polar surface area (TPSA) is 32.3 Å². The highest BCUT2D eigenvalue weighted by atomic mass is 35.5. The van der Waals surface area contributed by atoms with Crippen molar-refractivity contribution in [3.05, 3.63) is 34.9 Å². The minimum Gasteiger partial charge on any atom is -0.392 e. The van der Waals surface area contributed by atoms with Crippen molar-refractivity contribution in [1.29, 1.82) is 0 Å². The molecule has 1 aliphatic carbocycles. The van der Waals surface area contributed by atoms with Gasteiger partial charge >= 0.3 is 0 Å². The van der Waals surface area contributed by atoms with E-state index in [0.717, 1.165) is 24.3 Å². The number of benzene rings is 1. The maximum atomic E-state index is 9.93. The number of hydrogen-bond acceptors (Lipinski definition) is 2. The zero-order valence-electron chi connectivity index (χ0n) is 10.2. The quantitative estimate of drug-likeness (QED) is 0.867. The zero-order valence-corrected chi connectivity index (χ0v) is 11.0. The molecule has 0 aromatic heterocycles. The van der Waals surface area contributed by atoms with Crippen molar-refractivity contribution in [1.82, 2.24) is 5.32 Å². The van der Waals surface area contributed by atoms with Crippen LogP contribution in [0.3, 0.4) is 0 Å². The van der Waals surface area contributed by atoms with Gasteiger partial charge in [-0.2, -0.15) is 0 Å². The average Bonchev–Trinajstić information content (AvgIpc) is 2.32. The van der Waals surface area contributed by atoms with Crippen LogP contribution >= 0.6 is 11.6 Å². The molecule has 0 saturated heterocycles. The number of aliphatic hydroxyl groups is 1. The predicted molar refractivity (Wildman–Crippen MR) is 71.3 cm³/mol. The van der Waals surface area contributed by atoms with Crippen molar-refractivity contribution in [3.63, 3.8) is 0 Å². The molecule has 17 heavy (non-hydrogen) atoms. The number of rotatable bonds is 3. The first-order chi connectivity index (χ1) is 8.16. The lowest BCUT2D eigenvalue weighted by atomic mass is 9.91. The van der Waals surface area contributed by atoms with Crippen LogP contribution in [0.5, 0.6) is 0 Å². The Labute approximate surface area is 108 Å². The van der Waals surface area contributed by atoms with Gasteiger partial charge in [0.15, 0.2) is 0 Å². The largest absolute Gasteiger partial charge is 0.392 e. The fraction of sp³-hybridized carbons (Fsp3) is 0.571. The van der Waals surface area contributed by atoms with Gasteiger partial charge in [0.2, 0.25) is 0 Å². The van der Waals surface area contributed by atoms with Gasteiger partial charge in [0, 0.05) is 17.1 Å². The van der Waals surface area contributed by atoms with Gasteiger partial charge in [0.25, 0.3) is 0 Å². The maximum absolute atomic E-state index is 9.93. The second-order valence-corrected chi connectivity index (χ2v) is 5.34. The number of aliphatic hydroxyl groups excluding tert-OH is 1. The lowest BCUT2D eigenvalue weighted by Crippen LogP contribution is -2.43. The second-order valence-electron chi connectivity index (χ2n) is 4.90. The summed E-state index contributed by atoms with van der Waals surface area (Å²) in [5.74, 6) is 0. The molecule has 0 heterocycles. The van der Waals surface area contributed by atoms with E-state index in [-0.39, 0.29) is 18.2 Å². The Kier molecular flexibility index (Phi) is 4.43. The number of hydrogen-bond donors (Lipinski definition) is 2. The Morgan fingerprint density at radius 1 is 1.35 bits per heavy atom. The summed E-state index contributed by atoms with van der Waals surface area (Å²) in [6.07, 6.45) is 4.12. The molecule has 0 aliphatic heterocycles. The standard InChI is InChI=1S/C14H20ClNO/c1-10(11-5-4-6-12(15)9-11)16-13-7-2-3-8-14(13)17/h4-6,9-10,13-14,16-17H,2-3,7-8H2,1H3/t10-,13+,14+/m1/s1. The van der Waals surface area contributed by atoms with E-state index in [1.807, 2.05) is 18.2 Å². The normalized spacial score (nSPS) is 26.8. The Morgan fingerprint density at radius 3 is 2.82 bits per heavy atom. The third kappa shape index (κ3) is 3.44. The fourth-order valence-electron chi connectivity index (χ4n) is 2.50. The van der Waals surface area contributed by atoms with Crippen molar-refractivity contribution in [2.75, 3.05) is 0 Å². The third-order valence-electron chi connectivity index (χ3n) is 3.54. The SMILES string of the molecule is C[C@@H](N[C@H]1CCCC[C@@H]1O)c1cccc(Cl)c1. The molecule has 1 aromatic rings. The minimum absolute atomic E-state index is 0.203. The van der Waals surface area contributed by atoms with Crippen molar-refractivity contribution in [2.24, 2.45) is 0 Å². The van der Waals surface area contributed by atoms with Crippen LogP contribution in [0.1, 0.15) is 44.2 Å². The molecule has 2 nitrogen and oxygen atoms in total. The summed E-state index contributed by atoms with van der Waals surface area (Å²) in [6.45, 7) is 2.12. The van der Waals surface area contributed by atoms with Crippen molar-refractivity contribution in [2.45, 2.75) is 50.8 Å². The molecule has 1 fully saturated rings. The minimum atomic E-state index is -0.203. The summed E-state index contributed by atoms with van der Waals surface area (Å²) in [6, 6.07) is 8.34. The van der Waals surface area contributed by atoms with Crippen LogP contribution in [-0.2, 0) is 0 Å². The van der Waals surface area contributed by atoms with E-state index in [4.69, 9.17) is 11.6 Å². The first-order valence-corrected chi connectivity index (χ1v) is 6.74. The van der Waals surface area contributed by atoms with E-state index in [1.54, 1.807) is 0 Å². The van der Waals surface area contributed by atoms with E-state index in [9.17, 15) is 5.11 Å². The first kappa shape index (κ1) is 12.9. The van der Waals surface area contributed by atoms with E-state index in [0.29, 0.717) is 0 Å². The second kappa shape index (κ2) is 5.85. The summed E-state index contributed by atoms with van der Waals surface area (Å²) in [5.41, 5.74) is 1.18. The van der Waals surface area contributed by atoms with Crippen LogP contribution in [0.25, 0.3) is 0 Å². The van der Waals surface area contributed by atoms with Crippen LogP contribution in [0.2, 0.25) is 5.02 Å². The first-order valence-electron chi connectivity index (χ1n) is 6.36. The van der Waals surface area contributed by atoms with Crippen LogP contribution < -0.4 is 5.32 Å². The third-order valence-corrected chi connectivity index (χ3v) is 3.78. The molecular weight excluding hydrogens is 234 g/mol. The van der Waals surface area contributed by atoms with Crippen molar-refractivity contribution in [3.8, 4) is 0 Å². The molecule has 0 bridgehead atoms. The summed E-state index contributed by atoms with van der Waals surface area (Å²) in [5, 5.41) is 14.2. The van der Waals surface area contributed by atoms with Gasteiger partial charge in [-0.05, 0) is 37.5 Å². The van der Waals surface area contributed by atoms with Crippen LogP contribution in [-0.4, -0.2) is 17.3 Å². The molecule has 0 radical (unpaired) electrons. The molecular formula is C14H20ClNO. The van der Waals surface area contributed by atoms with Crippen LogP contribution in [0.4, 0.5) is 0 Å². The lowest BCUT2D eigenvalue weighted by Gasteiger charge is -2.31. The highest BCUT2D eigenvalue weighted by Crippen LogP contribution is 2.23. The van der Waals surface area contributed by atoms with Gasteiger partial charge in [0.1, 0.15) is 0 Å². The maximum Gasteiger partial charge on any atom is 0.0693 e. The Morgan fingerprint density at radius 2 is 2.12 bits per heavy atom. The van der Waals surface area contributed by atoms with Gasteiger partial charge in [-0.1, -0.05) is 36.6 Å². The predicted octanol–water partition coefficient (Wildman–Crippen LogP) is 3.29.